The van der Waals surface area contributed by atoms with Crippen LogP contribution in [0.15, 0.2) is 29.1 Å². The first-order valence-corrected chi connectivity index (χ1v) is 4.94. The minimum absolute atomic E-state index is 0.118. The van der Waals surface area contributed by atoms with E-state index in [1.54, 1.807) is 12.1 Å². The lowest BCUT2D eigenvalue weighted by Gasteiger charge is -2.10. The SMILES string of the molecule is CC(C)c1ccc(O)c2[nH]c(=O)ccc12. The van der Waals surface area contributed by atoms with Gasteiger partial charge >= 0.3 is 0 Å². The highest BCUT2D eigenvalue weighted by atomic mass is 16.3. The molecule has 0 aliphatic heterocycles. The van der Waals surface area contributed by atoms with E-state index in [1.807, 2.05) is 6.07 Å². The summed E-state index contributed by atoms with van der Waals surface area (Å²) >= 11 is 0. The van der Waals surface area contributed by atoms with Gasteiger partial charge < -0.3 is 10.1 Å². The second-order valence-corrected chi connectivity index (χ2v) is 3.94. The molecule has 3 nitrogen and oxygen atoms in total. The Bertz CT molecular complexity index is 555. The molecule has 0 saturated heterocycles. The van der Waals surface area contributed by atoms with Crippen molar-refractivity contribution in [2.75, 3.05) is 0 Å². The van der Waals surface area contributed by atoms with Crippen LogP contribution >= 0.6 is 0 Å². The van der Waals surface area contributed by atoms with Gasteiger partial charge in [-0.15, -0.1) is 0 Å². The predicted molar refractivity (Wildman–Crippen MR) is 60.3 cm³/mol. The summed E-state index contributed by atoms with van der Waals surface area (Å²) < 4.78 is 0. The zero-order valence-corrected chi connectivity index (χ0v) is 8.74. The van der Waals surface area contributed by atoms with E-state index in [4.69, 9.17) is 0 Å². The molecule has 0 atom stereocenters. The van der Waals surface area contributed by atoms with Crippen molar-refractivity contribution in [3.63, 3.8) is 0 Å². The molecule has 1 heterocycles. The second-order valence-electron chi connectivity index (χ2n) is 3.94. The van der Waals surface area contributed by atoms with E-state index in [0.717, 1.165) is 10.9 Å². The van der Waals surface area contributed by atoms with Gasteiger partial charge in [0.15, 0.2) is 0 Å². The average Bonchev–Trinajstić information content (AvgIpc) is 2.19. The summed E-state index contributed by atoms with van der Waals surface area (Å²) in [5.74, 6) is 0.478. The molecule has 0 radical (unpaired) electrons. The number of pyridine rings is 1. The molecule has 0 aliphatic carbocycles. The number of hydrogen-bond donors (Lipinski definition) is 2. The molecule has 0 fully saturated rings. The van der Waals surface area contributed by atoms with Gasteiger partial charge in [-0.3, -0.25) is 4.79 Å². The Kier molecular flexibility index (Phi) is 2.23. The van der Waals surface area contributed by atoms with Crippen molar-refractivity contribution in [3.8, 4) is 5.75 Å². The molecule has 0 saturated carbocycles. The van der Waals surface area contributed by atoms with E-state index in [-0.39, 0.29) is 11.3 Å². The molecular weight excluding hydrogens is 190 g/mol. The Morgan fingerprint density at radius 2 is 1.93 bits per heavy atom. The molecule has 0 unspecified atom stereocenters. The van der Waals surface area contributed by atoms with Crippen molar-refractivity contribution in [1.29, 1.82) is 0 Å². The van der Waals surface area contributed by atoms with E-state index in [1.165, 1.54) is 6.07 Å². The summed E-state index contributed by atoms with van der Waals surface area (Å²) in [6.45, 7) is 4.16. The predicted octanol–water partition coefficient (Wildman–Crippen LogP) is 2.36. The molecule has 0 aliphatic rings. The Morgan fingerprint density at radius 1 is 1.20 bits per heavy atom. The van der Waals surface area contributed by atoms with Crippen LogP contribution in [0.25, 0.3) is 10.9 Å². The highest BCUT2D eigenvalue weighted by Crippen LogP contribution is 2.28. The minimum atomic E-state index is -0.196. The molecule has 0 spiro atoms. The van der Waals surface area contributed by atoms with Gasteiger partial charge in [0.05, 0.1) is 5.52 Å². The number of aromatic hydroxyl groups is 1. The molecule has 0 bridgehead atoms. The van der Waals surface area contributed by atoms with Gasteiger partial charge in [0.1, 0.15) is 5.75 Å². The number of phenols is 1. The first-order chi connectivity index (χ1) is 7.09. The van der Waals surface area contributed by atoms with Crippen LogP contribution in [0.4, 0.5) is 0 Å². The molecule has 78 valence electrons. The Balaban J connectivity index is 2.88. The van der Waals surface area contributed by atoms with Crippen molar-refractivity contribution in [2.45, 2.75) is 19.8 Å². The Labute approximate surface area is 87.4 Å². The van der Waals surface area contributed by atoms with Crippen LogP contribution in [0.3, 0.4) is 0 Å². The summed E-state index contributed by atoms with van der Waals surface area (Å²) in [6.07, 6.45) is 0. The van der Waals surface area contributed by atoms with Crippen molar-refractivity contribution >= 4 is 10.9 Å². The standard InChI is InChI=1S/C12H13NO2/c1-7(2)8-3-5-10(14)12-9(8)4-6-11(15)13-12/h3-7,14H,1-2H3,(H,13,15). The lowest BCUT2D eigenvalue weighted by Crippen LogP contribution is -2.03. The van der Waals surface area contributed by atoms with Gasteiger partial charge in [-0.05, 0) is 23.6 Å². The number of benzene rings is 1. The molecule has 3 heteroatoms. The fraction of sp³-hybridized carbons (Fsp3) is 0.250. The van der Waals surface area contributed by atoms with Crippen LogP contribution in [0.1, 0.15) is 25.3 Å². The number of hydrogen-bond acceptors (Lipinski definition) is 2. The van der Waals surface area contributed by atoms with Crippen LogP contribution in [-0.2, 0) is 0 Å². The lowest BCUT2D eigenvalue weighted by atomic mass is 9.98. The Morgan fingerprint density at radius 3 is 2.60 bits per heavy atom. The van der Waals surface area contributed by atoms with Gasteiger partial charge in [-0.1, -0.05) is 19.9 Å². The van der Waals surface area contributed by atoms with E-state index in [2.05, 4.69) is 18.8 Å². The molecule has 1 aromatic carbocycles. The largest absolute Gasteiger partial charge is 0.506 e. The summed E-state index contributed by atoms with van der Waals surface area (Å²) in [7, 11) is 0. The number of phenolic OH excluding ortho intramolecular Hbond substituents is 1. The maximum Gasteiger partial charge on any atom is 0.248 e. The van der Waals surface area contributed by atoms with Crippen molar-refractivity contribution < 1.29 is 5.11 Å². The first-order valence-electron chi connectivity index (χ1n) is 4.94. The van der Waals surface area contributed by atoms with Crippen molar-refractivity contribution in [3.05, 3.63) is 40.2 Å². The monoisotopic (exact) mass is 203 g/mol. The third-order valence-corrected chi connectivity index (χ3v) is 2.53. The fourth-order valence-electron chi connectivity index (χ4n) is 1.76. The molecular formula is C12H13NO2. The molecule has 15 heavy (non-hydrogen) atoms. The second kappa shape index (κ2) is 3.42. The summed E-state index contributed by atoms with van der Waals surface area (Å²) in [6, 6.07) is 6.74. The number of nitrogens with one attached hydrogen (secondary N) is 1. The van der Waals surface area contributed by atoms with Gasteiger partial charge in [-0.25, -0.2) is 0 Å². The molecule has 2 aromatic rings. The number of aromatic nitrogens is 1. The maximum absolute atomic E-state index is 11.2. The number of H-pyrrole nitrogens is 1. The summed E-state index contributed by atoms with van der Waals surface area (Å²) in [5, 5.41) is 10.5. The van der Waals surface area contributed by atoms with Crippen LogP contribution in [-0.4, -0.2) is 10.1 Å². The molecule has 0 amide bonds. The molecule has 2 N–H and O–H groups in total. The maximum atomic E-state index is 11.2. The summed E-state index contributed by atoms with van der Waals surface area (Å²) in [5.41, 5.74) is 1.45. The van der Waals surface area contributed by atoms with Crippen LogP contribution in [0.2, 0.25) is 0 Å². The van der Waals surface area contributed by atoms with Gasteiger partial charge in [0.2, 0.25) is 5.56 Å². The summed E-state index contributed by atoms with van der Waals surface area (Å²) in [4.78, 5) is 13.8. The Hall–Kier alpha value is -1.77. The lowest BCUT2D eigenvalue weighted by molar-refractivity contribution is 0.480. The van der Waals surface area contributed by atoms with Gasteiger partial charge in [0, 0.05) is 11.5 Å². The van der Waals surface area contributed by atoms with Crippen LogP contribution in [0, 0.1) is 0 Å². The van der Waals surface area contributed by atoms with E-state index in [0.29, 0.717) is 11.4 Å². The number of aromatic amines is 1. The van der Waals surface area contributed by atoms with E-state index >= 15 is 0 Å². The highest BCUT2D eigenvalue weighted by Gasteiger charge is 2.08. The fourth-order valence-corrected chi connectivity index (χ4v) is 1.76. The molecule has 2 rings (SSSR count). The quantitative estimate of drug-likeness (QED) is 0.747. The van der Waals surface area contributed by atoms with Crippen molar-refractivity contribution in [2.24, 2.45) is 0 Å². The molecule has 1 aromatic heterocycles. The van der Waals surface area contributed by atoms with Crippen LogP contribution < -0.4 is 5.56 Å². The first kappa shape index (κ1) is 9.77. The normalized spacial score (nSPS) is 11.1. The minimum Gasteiger partial charge on any atom is -0.506 e. The van der Waals surface area contributed by atoms with E-state index in [9.17, 15) is 9.90 Å². The van der Waals surface area contributed by atoms with Crippen LogP contribution in [0.5, 0.6) is 5.75 Å². The number of rotatable bonds is 1. The van der Waals surface area contributed by atoms with Crippen molar-refractivity contribution in [1.82, 2.24) is 4.98 Å². The van der Waals surface area contributed by atoms with Gasteiger partial charge in [-0.2, -0.15) is 0 Å². The van der Waals surface area contributed by atoms with E-state index < -0.39 is 0 Å². The van der Waals surface area contributed by atoms with Gasteiger partial charge in [0.25, 0.3) is 0 Å². The number of fused-ring (bicyclic) bond motifs is 1. The highest BCUT2D eigenvalue weighted by molar-refractivity contribution is 5.87. The smallest absolute Gasteiger partial charge is 0.248 e. The third kappa shape index (κ3) is 1.61. The zero-order chi connectivity index (χ0) is 11.0. The third-order valence-electron chi connectivity index (χ3n) is 2.53. The zero-order valence-electron chi connectivity index (χ0n) is 8.74. The average molecular weight is 203 g/mol. The topological polar surface area (TPSA) is 53.1 Å².